The molecule has 0 amide bonds. The Kier molecular flexibility index (Phi) is 3.97. The van der Waals surface area contributed by atoms with Gasteiger partial charge in [0, 0.05) is 6.20 Å². The molecule has 0 saturated carbocycles. The lowest BCUT2D eigenvalue weighted by Crippen LogP contribution is -2.07. The van der Waals surface area contributed by atoms with Crippen molar-refractivity contribution >= 4 is 0 Å². The van der Waals surface area contributed by atoms with Gasteiger partial charge >= 0.3 is 0 Å². The molecular weight excluding hydrogens is 244 g/mol. The highest BCUT2D eigenvalue weighted by molar-refractivity contribution is 5.48. The third-order valence-electron chi connectivity index (χ3n) is 2.82. The van der Waals surface area contributed by atoms with Crippen molar-refractivity contribution in [1.82, 2.24) is 9.97 Å². The van der Waals surface area contributed by atoms with Gasteiger partial charge in [-0.1, -0.05) is 6.07 Å². The molecule has 0 fully saturated rings. The molecule has 0 spiro atoms. The maximum Gasteiger partial charge on any atom is 0.130 e. The first-order valence-electron chi connectivity index (χ1n) is 5.85. The zero-order valence-electron chi connectivity index (χ0n) is 11.1. The summed E-state index contributed by atoms with van der Waals surface area (Å²) >= 11 is 0. The quantitative estimate of drug-likeness (QED) is 0.909. The molecule has 5 nitrogen and oxygen atoms in total. The van der Waals surface area contributed by atoms with E-state index in [4.69, 9.17) is 9.47 Å². The maximum atomic E-state index is 10.4. The molecule has 0 aliphatic carbocycles. The summed E-state index contributed by atoms with van der Waals surface area (Å²) in [5.41, 5.74) is 1.79. The van der Waals surface area contributed by atoms with E-state index in [1.807, 2.05) is 6.92 Å². The lowest BCUT2D eigenvalue weighted by Gasteiger charge is -2.17. The lowest BCUT2D eigenvalue weighted by molar-refractivity contribution is 0.203. The molecule has 1 N–H and O–H groups in total. The van der Waals surface area contributed by atoms with Crippen molar-refractivity contribution in [3.63, 3.8) is 0 Å². The third kappa shape index (κ3) is 2.66. The van der Waals surface area contributed by atoms with E-state index in [0.717, 1.165) is 5.69 Å². The number of aliphatic hydroxyl groups is 1. The predicted molar refractivity (Wildman–Crippen MR) is 70.4 cm³/mol. The topological polar surface area (TPSA) is 64.5 Å². The fraction of sp³-hybridized carbons (Fsp3) is 0.286. The van der Waals surface area contributed by atoms with Crippen LogP contribution in [-0.2, 0) is 0 Å². The molecule has 1 atom stereocenters. The molecule has 5 heteroatoms. The fourth-order valence-corrected chi connectivity index (χ4v) is 1.84. The Labute approximate surface area is 111 Å². The average Bonchev–Trinajstić information content (AvgIpc) is 2.46. The SMILES string of the molecule is COc1cccc(OC)c1C(O)c1cnc(C)cn1. The van der Waals surface area contributed by atoms with E-state index in [9.17, 15) is 5.11 Å². The molecule has 0 saturated heterocycles. The molecule has 0 radical (unpaired) electrons. The van der Waals surface area contributed by atoms with E-state index < -0.39 is 6.10 Å². The Morgan fingerprint density at radius 1 is 1.05 bits per heavy atom. The van der Waals surface area contributed by atoms with Crippen LogP contribution in [0, 0.1) is 6.92 Å². The number of benzene rings is 1. The first-order chi connectivity index (χ1) is 9.17. The normalized spacial score (nSPS) is 12.0. The number of aromatic nitrogens is 2. The van der Waals surface area contributed by atoms with Crippen molar-refractivity contribution in [1.29, 1.82) is 0 Å². The number of hydrogen-bond acceptors (Lipinski definition) is 5. The molecule has 19 heavy (non-hydrogen) atoms. The summed E-state index contributed by atoms with van der Waals surface area (Å²) < 4.78 is 10.5. The summed E-state index contributed by atoms with van der Waals surface area (Å²) in [4.78, 5) is 8.31. The second kappa shape index (κ2) is 5.67. The van der Waals surface area contributed by atoms with Gasteiger partial charge in [-0.3, -0.25) is 9.97 Å². The van der Waals surface area contributed by atoms with Crippen molar-refractivity contribution in [2.24, 2.45) is 0 Å². The number of nitrogens with zero attached hydrogens (tertiary/aromatic N) is 2. The summed E-state index contributed by atoms with van der Waals surface area (Å²) in [6.07, 6.45) is 2.21. The van der Waals surface area contributed by atoms with Crippen molar-refractivity contribution in [3.05, 3.63) is 47.5 Å². The first kappa shape index (κ1) is 13.3. The largest absolute Gasteiger partial charge is 0.496 e. The van der Waals surface area contributed by atoms with Gasteiger partial charge in [-0.15, -0.1) is 0 Å². The van der Waals surface area contributed by atoms with Crippen molar-refractivity contribution in [3.8, 4) is 11.5 Å². The van der Waals surface area contributed by atoms with Gasteiger partial charge in [0.15, 0.2) is 0 Å². The summed E-state index contributed by atoms with van der Waals surface area (Å²) in [6.45, 7) is 1.84. The van der Waals surface area contributed by atoms with Crippen LogP contribution in [0.15, 0.2) is 30.6 Å². The van der Waals surface area contributed by atoms with Crippen LogP contribution >= 0.6 is 0 Å². The molecule has 1 heterocycles. The van der Waals surface area contributed by atoms with Crippen LogP contribution in [0.3, 0.4) is 0 Å². The van der Waals surface area contributed by atoms with Crippen LogP contribution in [0.2, 0.25) is 0 Å². The Morgan fingerprint density at radius 2 is 1.68 bits per heavy atom. The second-order valence-electron chi connectivity index (χ2n) is 4.06. The summed E-state index contributed by atoms with van der Waals surface area (Å²) in [5.74, 6) is 1.10. The van der Waals surface area contributed by atoms with Gasteiger partial charge in [0.1, 0.15) is 17.6 Å². The summed E-state index contributed by atoms with van der Waals surface area (Å²) in [6, 6.07) is 5.33. The highest BCUT2D eigenvalue weighted by Crippen LogP contribution is 2.36. The zero-order valence-corrected chi connectivity index (χ0v) is 11.1. The highest BCUT2D eigenvalue weighted by Gasteiger charge is 2.21. The Bertz CT molecular complexity index is 533. The van der Waals surface area contributed by atoms with Crippen LogP contribution in [0.25, 0.3) is 0 Å². The number of aliphatic hydroxyl groups excluding tert-OH is 1. The lowest BCUT2D eigenvalue weighted by atomic mass is 10.0. The zero-order chi connectivity index (χ0) is 13.8. The maximum absolute atomic E-state index is 10.4. The van der Waals surface area contributed by atoms with E-state index in [1.54, 1.807) is 44.8 Å². The minimum absolute atomic E-state index is 0.452. The third-order valence-corrected chi connectivity index (χ3v) is 2.82. The van der Waals surface area contributed by atoms with Crippen LogP contribution in [0.1, 0.15) is 23.1 Å². The predicted octanol–water partition coefficient (Wildman–Crippen LogP) is 1.88. The highest BCUT2D eigenvalue weighted by atomic mass is 16.5. The Balaban J connectivity index is 2.47. The van der Waals surface area contributed by atoms with E-state index in [-0.39, 0.29) is 0 Å². The molecule has 2 aromatic rings. The van der Waals surface area contributed by atoms with Crippen molar-refractivity contribution in [2.75, 3.05) is 14.2 Å². The van der Waals surface area contributed by atoms with Crippen LogP contribution in [0.4, 0.5) is 0 Å². The molecule has 0 aliphatic rings. The van der Waals surface area contributed by atoms with Gasteiger partial charge in [0.25, 0.3) is 0 Å². The van der Waals surface area contributed by atoms with Gasteiger partial charge in [0.05, 0.1) is 37.4 Å². The minimum Gasteiger partial charge on any atom is -0.496 e. The van der Waals surface area contributed by atoms with Gasteiger partial charge in [-0.25, -0.2) is 0 Å². The number of aryl methyl sites for hydroxylation is 1. The number of methoxy groups -OCH3 is 2. The molecule has 0 bridgehead atoms. The van der Waals surface area contributed by atoms with Gasteiger partial charge < -0.3 is 14.6 Å². The van der Waals surface area contributed by atoms with Crippen molar-refractivity contribution < 1.29 is 14.6 Å². The van der Waals surface area contributed by atoms with Crippen molar-refractivity contribution in [2.45, 2.75) is 13.0 Å². The smallest absolute Gasteiger partial charge is 0.130 e. The standard InChI is InChI=1S/C14H16N2O3/c1-9-7-16-10(8-15-9)14(17)13-11(18-2)5-4-6-12(13)19-3/h4-8,14,17H,1-3H3. The van der Waals surface area contributed by atoms with Crippen LogP contribution in [-0.4, -0.2) is 29.3 Å². The molecule has 100 valence electrons. The molecule has 1 unspecified atom stereocenters. The monoisotopic (exact) mass is 260 g/mol. The molecular formula is C14H16N2O3. The fourth-order valence-electron chi connectivity index (χ4n) is 1.84. The van der Waals surface area contributed by atoms with E-state index in [1.165, 1.54) is 0 Å². The Morgan fingerprint density at radius 3 is 2.16 bits per heavy atom. The van der Waals surface area contributed by atoms with E-state index >= 15 is 0 Å². The average molecular weight is 260 g/mol. The van der Waals surface area contributed by atoms with Crippen LogP contribution in [0.5, 0.6) is 11.5 Å². The van der Waals surface area contributed by atoms with Gasteiger partial charge in [-0.2, -0.15) is 0 Å². The van der Waals surface area contributed by atoms with E-state index in [2.05, 4.69) is 9.97 Å². The molecule has 0 aliphatic heterocycles. The summed E-state index contributed by atoms with van der Waals surface area (Å²) in [7, 11) is 3.09. The Hall–Kier alpha value is -2.14. The molecule has 1 aromatic carbocycles. The van der Waals surface area contributed by atoms with E-state index in [0.29, 0.717) is 22.8 Å². The molecule has 1 aromatic heterocycles. The number of ether oxygens (including phenoxy) is 2. The summed E-state index contributed by atoms with van der Waals surface area (Å²) in [5, 5.41) is 10.4. The second-order valence-corrected chi connectivity index (χ2v) is 4.06. The molecule has 2 rings (SSSR count). The van der Waals surface area contributed by atoms with Gasteiger partial charge in [0.2, 0.25) is 0 Å². The number of rotatable bonds is 4. The van der Waals surface area contributed by atoms with Crippen LogP contribution < -0.4 is 9.47 Å². The van der Waals surface area contributed by atoms with Gasteiger partial charge in [-0.05, 0) is 19.1 Å². The minimum atomic E-state index is -0.945. The first-order valence-corrected chi connectivity index (χ1v) is 5.85. The number of hydrogen-bond donors (Lipinski definition) is 1.